The standard InChI is InChI=1S/C17H16FN5O4S2/c1-27-14-8-19-12(7-20-14)15(29(25)26)13-9-28-17(22-13)23-16(24)21-6-10-3-2-4-11(18)5-10/h2-5,7-9,15H,6H2,1H3,(H,25,26)(H2,21,22,23,24)/p-1. The summed E-state index contributed by atoms with van der Waals surface area (Å²) in [5, 5.41) is 5.66. The smallest absolute Gasteiger partial charge is 0.321 e. The SMILES string of the molecule is COc1cnc(C(c2csc(NC(=O)NCc3cccc(F)c3)n2)S(=O)[O-])cn1. The van der Waals surface area contributed by atoms with Crippen LogP contribution in [0.15, 0.2) is 42.0 Å². The number of rotatable bonds is 7. The zero-order chi connectivity index (χ0) is 20.8. The second-order valence-corrected chi connectivity index (χ2v) is 7.49. The van der Waals surface area contributed by atoms with Gasteiger partial charge in [-0.15, -0.1) is 11.3 Å². The molecule has 0 fully saturated rings. The Morgan fingerprint density at radius 2 is 2.17 bits per heavy atom. The van der Waals surface area contributed by atoms with Crippen molar-refractivity contribution in [2.75, 3.05) is 12.4 Å². The highest BCUT2D eigenvalue weighted by atomic mass is 32.2. The Bertz CT molecular complexity index is 1020. The van der Waals surface area contributed by atoms with Crippen LogP contribution in [0.2, 0.25) is 0 Å². The Balaban J connectivity index is 1.66. The maximum atomic E-state index is 13.2. The van der Waals surface area contributed by atoms with E-state index in [0.717, 1.165) is 11.3 Å². The largest absolute Gasteiger partial charge is 0.772 e. The highest BCUT2D eigenvalue weighted by Gasteiger charge is 2.21. The van der Waals surface area contributed by atoms with Crippen LogP contribution in [0, 0.1) is 5.82 Å². The average molecular weight is 436 g/mol. The molecule has 2 amide bonds. The molecule has 0 saturated carbocycles. The van der Waals surface area contributed by atoms with E-state index >= 15 is 0 Å². The lowest BCUT2D eigenvalue weighted by Gasteiger charge is -2.16. The van der Waals surface area contributed by atoms with Gasteiger partial charge in [0.15, 0.2) is 5.13 Å². The van der Waals surface area contributed by atoms with Crippen LogP contribution in [-0.4, -0.2) is 36.9 Å². The molecule has 2 unspecified atom stereocenters. The van der Waals surface area contributed by atoms with Crippen LogP contribution < -0.4 is 15.4 Å². The van der Waals surface area contributed by atoms with E-state index in [1.54, 1.807) is 12.1 Å². The van der Waals surface area contributed by atoms with Gasteiger partial charge in [0.05, 0.1) is 30.9 Å². The molecule has 2 N–H and O–H groups in total. The van der Waals surface area contributed by atoms with Crippen molar-refractivity contribution in [3.8, 4) is 5.88 Å². The van der Waals surface area contributed by atoms with Gasteiger partial charge in [-0.2, -0.15) is 0 Å². The van der Waals surface area contributed by atoms with Crippen molar-refractivity contribution in [1.82, 2.24) is 20.3 Å². The third kappa shape index (κ3) is 5.53. The van der Waals surface area contributed by atoms with Crippen molar-refractivity contribution in [2.45, 2.75) is 11.8 Å². The van der Waals surface area contributed by atoms with Gasteiger partial charge in [-0.25, -0.2) is 19.2 Å². The molecule has 3 rings (SSSR count). The monoisotopic (exact) mass is 436 g/mol. The molecule has 2 heterocycles. The normalized spacial score (nSPS) is 12.8. The molecule has 1 aromatic carbocycles. The molecule has 0 aliphatic rings. The number of hydrogen-bond donors (Lipinski definition) is 2. The van der Waals surface area contributed by atoms with E-state index in [1.165, 1.54) is 37.0 Å². The van der Waals surface area contributed by atoms with E-state index in [-0.39, 0.29) is 28.9 Å². The molecule has 3 aromatic rings. The summed E-state index contributed by atoms with van der Waals surface area (Å²) < 4.78 is 41.5. The molecular formula is C17H15FN5O4S2-. The zero-order valence-corrected chi connectivity index (χ0v) is 16.6. The van der Waals surface area contributed by atoms with Crippen molar-refractivity contribution in [3.63, 3.8) is 0 Å². The summed E-state index contributed by atoms with van der Waals surface area (Å²) in [5.74, 6) is -0.146. The fourth-order valence-electron chi connectivity index (χ4n) is 2.35. The van der Waals surface area contributed by atoms with Gasteiger partial charge in [-0.1, -0.05) is 12.1 Å². The molecule has 29 heavy (non-hydrogen) atoms. The molecule has 0 aliphatic heterocycles. The number of carbonyl (C=O) groups is 1. The van der Waals surface area contributed by atoms with E-state index in [0.29, 0.717) is 5.56 Å². The number of nitrogens with one attached hydrogen (secondary N) is 2. The molecule has 0 saturated heterocycles. The van der Waals surface area contributed by atoms with Gasteiger partial charge in [-0.3, -0.25) is 14.5 Å². The first-order valence-corrected chi connectivity index (χ1v) is 10.2. The Morgan fingerprint density at radius 1 is 1.34 bits per heavy atom. The zero-order valence-electron chi connectivity index (χ0n) is 15.0. The first-order chi connectivity index (χ1) is 14.0. The van der Waals surface area contributed by atoms with E-state index in [4.69, 9.17) is 4.74 Å². The van der Waals surface area contributed by atoms with Gasteiger partial charge in [0.25, 0.3) is 0 Å². The molecule has 2 atom stereocenters. The Hall–Kier alpha value is -2.96. The van der Waals surface area contributed by atoms with Crippen LogP contribution in [-0.2, 0) is 17.6 Å². The van der Waals surface area contributed by atoms with Crippen LogP contribution in [0.4, 0.5) is 14.3 Å². The van der Waals surface area contributed by atoms with Crippen molar-refractivity contribution in [2.24, 2.45) is 0 Å². The lowest BCUT2D eigenvalue weighted by molar-refractivity contribution is 0.251. The van der Waals surface area contributed by atoms with Crippen molar-refractivity contribution < 1.29 is 22.7 Å². The minimum atomic E-state index is -2.56. The second kappa shape index (κ2) is 9.49. The second-order valence-electron chi connectivity index (χ2n) is 5.64. The number of aromatic nitrogens is 3. The first-order valence-electron chi connectivity index (χ1n) is 8.15. The number of methoxy groups -OCH3 is 1. The maximum Gasteiger partial charge on any atom is 0.321 e. The highest BCUT2D eigenvalue weighted by molar-refractivity contribution is 7.79. The third-order valence-electron chi connectivity index (χ3n) is 3.67. The number of halogens is 1. The molecule has 0 aliphatic carbocycles. The van der Waals surface area contributed by atoms with E-state index in [2.05, 4.69) is 25.6 Å². The van der Waals surface area contributed by atoms with Gasteiger partial charge in [0.2, 0.25) is 5.88 Å². The van der Waals surface area contributed by atoms with Crippen molar-refractivity contribution in [1.29, 1.82) is 0 Å². The maximum absolute atomic E-state index is 13.2. The third-order valence-corrected chi connectivity index (χ3v) is 5.32. The fourth-order valence-corrected chi connectivity index (χ4v) is 3.80. The van der Waals surface area contributed by atoms with Crippen LogP contribution in [0.5, 0.6) is 5.88 Å². The summed E-state index contributed by atoms with van der Waals surface area (Å²) >= 11 is -1.50. The highest BCUT2D eigenvalue weighted by Crippen LogP contribution is 2.29. The summed E-state index contributed by atoms with van der Waals surface area (Å²) in [4.78, 5) is 24.2. The number of carbonyl (C=O) groups excluding carboxylic acids is 1. The van der Waals surface area contributed by atoms with Gasteiger partial charge in [0.1, 0.15) is 11.1 Å². The summed E-state index contributed by atoms with van der Waals surface area (Å²) in [6.45, 7) is 0.121. The Morgan fingerprint density at radius 3 is 2.83 bits per heavy atom. The molecular weight excluding hydrogens is 421 g/mol. The summed E-state index contributed by atoms with van der Waals surface area (Å²) in [6, 6.07) is 5.28. The van der Waals surface area contributed by atoms with Gasteiger partial charge in [0, 0.05) is 11.9 Å². The molecule has 12 heteroatoms. The van der Waals surface area contributed by atoms with Gasteiger partial charge >= 0.3 is 6.03 Å². The number of amides is 2. The topological polar surface area (TPSA) is 129 Å². The Labute approximate surface area is 171 Å². The van der Waals surface area contributed by atoms with E-state index < -0.39 is 28.2 Å². The predicted octanol–water partition coefficient (Wildman–Crippen LogP) is 2.37. The number of anilines is 1. The number of ether oxygens (including phenoxy) is 1. The molecule has 0 spiro atoms. The summed E-state index contributed by atoms with van der Waals surface area (Å²) in [6.07, 6.45) is 2.60. The number of thiazole rings is 1. The number of benzene rings is 1. The van der Waals surface area contributed by atoms with Crippen LogP contribution >= 0.6 is 11.3 Å². The molecule has 2 aromatic heterocycles. The van der Waals surface area contributed by atoms with E-state index in [9.17, 15) is 17.9 Å². The summed E-state index contributed by atoms with van der Waals surface area (Å²) in [7, 11) is 1.42. The lowest BCUT2D eigenvalue weighted by atomic mass is 10.2. The van der Waals surface area contributed by atoms with Gasteiger partial charge < -0.3 is 14.6 Å². The molecule has 9 nitrogen and oxygen atoms in total. The average Bonchev–Trinajstić information content (AvgIpc) is 3.14. The minimum absolute atomic E-state index is 0.121. The fraction of sp³-hybridized carbons (Fsp3) is 0.176. The number of hydrogen-bond acceptors (Lipinski definition) is 8. The van der Waals surface area contributed by atoms with Crippen molar-refractivity contribution in [3.05, 3.63) is 64.8 Å². The predicted molar refractivity (Wildman–Crippen MR) is 104 cm³/mol. The van der Waals surface area contributed by atoms with E-state index in [1.807, 2.05) is 0 Å². The number of nitrogens with zero attached hydrogens (tertiary/aromatic N) is 3. The van der Waals surface area contributed by atoms with Crippen LogP contribution in [0.25, 0.3) is 0 Å². The summed E-state index contributed by atoms with van der Waals surface area (Å²) in [5.41, 5.74) is 0.967. The number of urea groups is 1. The quantitative estimate of drug-likeness (QED) is 0.544. The Kier molecular flexibility index (Phi) is 6.80. The lowest BCUT2D eigenvalue weighted by Crippen LogP contribution is -2.28. The minimum Gasteiger partial charge on any atom is -0.772 e. The molecule has 0 radical (unpaired) electrons. The van der Waals surface area contributed by atoms with Gasteiger partial charge in [-0.05, 0) is 28.8 Å². The first kappa shape index (κ1) is 20.8. The van der Waals surface area contributed by atoms with Crippen molar-refractivity contribution >= 4 is 33.6 Å². The molecule has 0 bridgehead atoms. The molecule has 152 valence electrons. The van der Waals surface area contributed by atoms with Crippen LogP contribution in [0.3, 0.4) is 0 Å². The van der Waals surface area contributed by atoms with Crippen LogP contribution in [0.1, 0.15) is 22.2 Å².